The molecule has 1 unspecified atom stereocenters. The minimum Gasteiger partial charge on any atom is -0.481 e. The van der Waals surface area contributed by atoms with Crippen molar-refractivity contribution in [2.24, 2.45) is 5.73 Å². The second-order valence-corrected chi connectivity index (χ2v) is 3.76. The molecule has 18 heavy (non-hydrogen) atoms. The van der Waals surface area contributed by atoms with Crippen LogP contribution in [0.1, 0.15) is 12.0 Å². The van der Waals surface area contributed by atoms with E-state index >= 15 is 0 Å². The van der Waals surface area contributed by atoms with E-state index in [1.807, 2.05) is 6.07 Å². The van der Waals surface area contributed by atoms with Gasteiger partial charge in [0, 0.05) is 12.7 Å². The van der Waals surface area contributed by atoms with Crippen molar-refractivity contribution >= 4 is 17.6 Å². The highest BCUT2D eigenvalue weighted by Gasteiger charge is 2.21. The summed E-state index contributed by atoms with van der Waals surface area (Å²) >= 11 is 0. The first kappa shape index (κ1) is 13.7. The van der Waals surface area contributed by atoms with Gasteiger partial charge in [-0.1, -0.05) is 6.07 Å². The number of hydrogen-bond acceptors (Lipinski definition) is 4. The van der Waals surface area contributed by atoms with Gasteiger partial charge < -0.3 is 15.7 Å². The molecule has 1 rings (SSSR count). The predicted octanol–water partition coefficient (Wildman–Crippen LogP) is 0.323. The second kappa shape index (κ2) is 5.80. The Morgan fingerprint density at radius 2 is 2.22 bits per heavy atom. The molecule has 0 fully saturated rings. The Balaban J connectivity index is 2.86. The zero-order valence-corrected chi connectivity index (χ0v) is 9.83. The molecule has 94 valence electrons. The molecule has 0 spiro atoms. The van der Waals surface area contributed by atoms with Gasteiger partial charge in [0.05, 0.1) is 24.1 Å². The van der Waals surface area contributed by atoms with Crippen LogP contribution in [-0.4, -0.2) is 30.1 Å². The lowest BCUT2D eigenvalue weighted by molar-refractivity contribution is -0.139. The predicted molar refractivity (Wildman–Crippen MR) is 64.8 cm³/mol. The molecule has 1 amide bonds. The molecule has 0 aliphatic carbocycles. The first-order valence-electron chi connectivity index (χ1n) is 5.21. The molecule has 0 saturated carbocycles. The zero-order valence-electron chi connectivity index (χ0n) is 9.83. The maximum Gasteiger partial charge on any atom is 0.305 e. The zero-order chi connectivity index (χ0) is 13.7. The van der Waals surface area contributed by atoms with E-state index < -0.39 is 24.3 Å². The number of rotatable bonds is 4. The highest BCUT2D eigenvalue weighted by molar-refractivity contribution is 5.98. The normalized spacial score (nSPS) is 11.4. The molecule has 0 bridgehead atoms. The number of carboxylic acids is 1. The number of hydrogen-bond donors (Lipinski definition) is 2. The van der Waals surface area contributed by atoms with E-state index in [1.165, 1.54) is 18.0 Å². The molecule has 6 heteroatoms. The van der Waals surface area contributed by atoms with E-state index in [4.69, 9.17) is 16.1 Å². The molecule has 3 N–H and O–H groups in total. The van der Waals surface area contributed by atoms with Crippen molar-refractivity contribution in [2.75, 3.05) is 11.9 Å². The molecule has 0 radical (unpaired) electrons. The molecule has 0 aliphatic heterocycles. The quantitative estimate of drug-likeness (QED) is 0.796. The van der Waals surface area contributed by atoms with Gasteiger partial charge in [-0.2, -0.15) is 5.26 Å². The van der Waals surface area contributed by atoms with Crippen molar-refractivity contribution in [3.8, 4) is 6.07 Å². The highest BCUT2D eigenvalue weighted by atomic mass is 16.4. The molecular weight excluding hydrogens is 234 g/mol. The summed E-state index contributed by atoms with van der Waals surface area (Å²) in [5.74, 6) is -1.64. The van der Waals surface area contributed by atoms with Crippen molar-refractivity contribution in [2.45, 2.75) is 12.5 Å². The number of aliphatic carboxylic acids is 1. The van der Waals surface area contributed by atoms with Crippen LogP contribution >= 0.6 is 0 Å². The summed E-state index contributed by atoms with van der Waals surface area (Å²) in [7, 11) is 1.49. The number of nitriles is 1. The Bertz CT molecular complexity index is 508. The number of amides is 1. The number of carbonyl (C=O) groups excluding carboxylic acids is 1. The highest BCUT2D eigenvalue weighted by Crippen LogP contribution is 2.15. The first-order valence-corrected chi connectivity index (χ1v) is 5.21. The van der Waals surface area contributed by atoms with Gasteiger partial charge in [-0.3, -0.25) is 9.59 Å². The maximum atomic E-state index is 11.8. The molecule has 0 aromatic heterocycles. The smallest absolute Gasteiger partial charge is 0.305 e. The largest absolute Gasteiger partial charge is 0.481 e. The van der Waals surface area contributed by atoms with Crippen molar-refractivity contribution < 1.29 is 14.7 Å². The van der Waals surface area contributed by atoms with Gasteiger partial charge in [0.25, 0.3) is 0 Å². The number of nitrogens with two attached hydrogens (primary N) is 1. The van der Waals surface area contributed by atoms with Gasteiger partial charge in [-0.25, -0.2) is 0 Å². The Morgan fingerprint density at radius 1 is 1.56 bits per heavy atom. The summed E-state index contributed by atoms with van der Waals surface area (Å²) in [6, 6.07) is 7.29. The van der Waals surface area contributed by atoms with Crippen LogP contribution in [0.4, 0.5) is 5.69 Å². The van der Waals surface area contributed by atoms with Crippen molar-refractivity contribution in [3.05, 3.63) is 29.8 Å². The van der Waals surface area contributed by atoms with E-state index in [1.54, 1.807) is 18.2 Å². The van der Waals surface area contributed by atoms with E-state index in [9.17, 15) is 9.59 Å². The third-order valence-electron chi connectivity index (χ3n) is 2.40. The lowest BCUT2D eigenvalue weighted by atomic mass is 10.1. The number of anilines is 1. The van der Waals surface area contributed by atoms with Crippen LogP contribution in [0.15, 0.2) is 24.3 Å². The number of benzene rings is 1. The first-order chi connectivity index (χ1) is 8.45. The van der Waals surface area contributed by atoms with Gasteiger partial charge in [-0.05, 0) is 18.2 Å². The lowest BCUT2D eigenvalue weighted by Gasteiger charge is -2.20. The lowest BCUT2D eigenvalue weighted by Crippen LogP contribution is -2.43. The third-order valence-corrected chi connectivity index (χ3v) is 2.40. The van der Waals surface area contributed by atoms with Crippen molar-refractivity contribution in [3.63, 3.8) is 0 Å². The number of nitrogens with zero attached hydrogens (tertiary/aromatic N) is 2. The topological polar surface area (TPSA) is 107 Å². The van der Waals surface area contributed by atoms with Crippen LogP contribution in [0.3, 0.4) is 0 Å². The van der Waals surface area contributed by atoms with Gasteiger partial charge in [0.15, 0.2) is 0 Å². The number of likely N-dealkylation sites (N-methyl/N-ethyl adjacent to an activating group) is 1. The second-order valence-electron chi connectivity index (χ2n) is 3.76. The van der Waals surface area contributed by atoms with Gasteiger partial charge in [-0.15, -0.1) is 0 Å². The molecule has 6 nitrogen and oxygen atoms in total. The van der Waals surface area contributed by atoms with Crippen molar-refractivity contribution in [1.29, 1.82) is 5.26 Å². The Labute approximate surface area is 104 Å². The van der Waals surface area contributed by atoms with E-state index in [2.05, 4.69) is 0 Å². The van der Waals surface area contributed by atoms with Gasteiger partial charge >= 0.3 is 5.97 Å². The van der Waals surface area contributed by atoms with E-state index in [-0.39, 0.29) is 0 Å². The summed E-state index contributed by atoms with van der Waals surface area (Å²) in [6.45, 7) is 0. The molecule has 1 aromatic rings. The van der Waals surface area contributed by atoms with Crippen LogP contribution in [0.5, 0.6) is 0 Å². The van der Waals surface area contributed by atoms with Crippen LogP contribution in [0.2, 0.25) is 0 Å². The summed E-state index contributed by atoms with van der Waals surface area (Å²) < 4.78 is 0. The minimum atomic E-state index is -1.13. The van der Waals surface area contributed by atoms with Crippen LogP contribution in [-0.2, 0) is 9.59 Å². The molecule has 0 aliphatic rings. The number of carboxylic acid groups (broad SMARTS) is 1. The monoisotopic (exact) mass is 247 g/mol. The Kier molecular flexibility index (Phi) is 4.40. The third kappa shape index (κ3) is 3.30. The van der Waals surface area contributed by atoms with Crippen LogP contribution in [0.25, 0.3) is 0 Å². The van der Waals surface area contributed by atoms with Gasteiger partial charge in [0.1, 0.15) is 0 Å². The average molecular weight is 247 g/mol. The average Bonchev–Trinajstić information content (AvgIpc) is 2.36. The Morgan fingerprint density at radius 3 is 2.78 bits per heavy atom. The fraction of sp³-hybridized carbons (Fsp3) is 0.250. The van der Waals surface area contributed by atoms with Gasteiger partial charge in [0.2, 0.25) is 5.91 Å². The van der Waals surface area contributed by atoms with Crippen LogP contribution in [0, 0.1) is 11.3 Å². The van der Waals surface area contributed by atoms with E-state index in [0.29, 0.717) is 11.3 Å². The summed E-state index contributed by atoms with van der Waals surface area (Å²) in [5.41, 5.74) is 6.41. The maximum absolute atomic E-state index is 11.8. The fourth-order valence-electron chi connectivity index (χ4n) is 1.44. The molecule has 0 heterocycles. The molecular formula is C12H13N3O3. The fourth-order valence-corrected chi connectivity index (χ4v) is 1.44. The Hall–Kier alpha value is -2.39. The standard InChI is InChI=1S/C12H13N3O3/c1-15(12(18)10(14)6-11(16)17)9-4-2-3-8(5-9)7-13/h2-5,10H,6,14H2,1H3,(H,16,17). The van der Waals surface area contributed by atoms with Crippen LogP contribution < -0.4 is 10.6 Å². The summed E-state index contributed by atoms with van der Waals surface area (Å²) in [5, 5.41) is 17.3. The molecule has 0 saturated heterocycles. The SMILES string of the molecule is CN(C(=O)C(N)CC(=O)O)c1cccc(C#N)c1. The minimum absolute atomic E-state index is 0.416. The van der Waals surface area contributed by atoms with Crippen molar-refractivity contribution in [1.82, 2.24) is 0 Å². The summed E-state index contributed by atoms with van der Waals surface area (Å²) in [6.07, 6.45) is -0.429. The summed E-state index contributed by atoms with van der Waals surface area (Å²) in [4.78, 5) is 23.6. The van der Waals surface area contributed by atoms with E-state index in [0.717, 1.165) is 0 Å². The molecule has 1 aromatic carbocycles. The number of carbonyl (C=O) groups is 2. The molecule has 1 atom stereocenters.